The summed E-state index contributed by atoms with van der Waals surface area (Å²) in [7, 11) is 0. The van der Waals surface area contributed by atoms with Gasteiger partial charge in [0.15, 0.2) is 0 Å². The molecule has 0 bridgehead atoms. The predicted octanol–water partition coefficient (Wildman–Crippen LogP) is 3.91. The van der Waals surface area contributed by atoms with Crippen molar-refractivity contribution in [1.82, 2.24) is 15.0 Å². The van der Waals surface area contributed by atoms with Crippen molar-refractivity contribution in [2.75, 3.05) is 0 Å². The molecule has 5 heteroatoms. The number of rotatable bonds is 5. The number of fused-ring (bicyclic) bond motifs is 1. The lowest BCUT2D eigenvalue weighted by Crippen LogP contribution is -2.20. The van der Waals surface area contributed by atoms with Crippen molar-refractivity contribution in [3.63, 3.8) is 0 Å². The van der Waals surface area contributed by atoms with Crippen LogP contribution in [-0.2, 0) is 6.54 Å². The van der Waals surface area contributed by atoms with Gasteiger partial charge in [-0.25, -0.2) is 10.4 Å². The molecule has 0 spiro atoms. The molecule has 0 atom stereocenters. The largest absolute Gasteiger partial charge is 0.329 e. The van der Waals surface area contributed by atoms with Crippen LogP contribution in [0.25, 0.3) is 11.0 Å². The van der Waals surface area contributed by atoms with Gasteiger partial charge >= 0.3 is 0 Å². The zero-order valence-corrected chi connectivity index (χ0v) is 14.8. The van der Waals surface area contributed by atoms with Gasteiger partial charge in [-0.15, -0.1) is 0 Å². The Morgan fingerprint density at radius 3 is 2.56 bits per heavy atom. The topological polar surface area (TPSA) is 59.3 Å². The first-order valence-electron chi connectivity index (χ1n) is 8.53. The van der Waals surface area contributed by atoms with Crippen LogP contribution in [0.2, 0.25) is 0 Å². The number of nitrogens with one attached hydrogen (secondary N) is 1. The van der Waals surface area contributed by atoms with Gasteiger partial charge in [0.25, 0.3) is 5.91 Å². The Balaban J connectivity index is 1.83. The monoisotopic (exact) mass is 334 g/mol. The number of imidazole rings is 1. The standard InChI is InChI=1S/C20H22N4O/c1-4-17(15-9-7-6-8-10-15)22-23-20(25)16-11-12-19-18(13-16)21-14(3)24(19)5-2/h6-13H,4-5H2,1-3H3,(H,23,25)/b22-17+. The quantitative estimate of drug-likeness (QED) is 0.568. The molecule has 0 aliphatic rings. The second kappa shape index (κ2) is 7.30. The van der Waals surface area contributed by atoms with Gasteiger partial charge in [-0.2, -0.15) is 5.10 Å². The van der Waals surface area contributed by atoms with Crippen LogP contribution in [0.5, 0.6) is 0 Å². The molecular formula is C20H22N4O. The average Bonchev–Trinajstić information content (AvgIpc) is 2.97. The first-order chi connectivity index (χ1) is 12.1. The molecule has 0 aliphatic carbocycles. The van der Waals surface area contributed by atoms with Crippen molar-refractivity contribution < 1.29 is 4.79 Å². The summed E-state index contributed by atoms with van der Waals surface area (Å²) in [5, 5.41) is 4.30. The highest BCUT2D eigenvalue weighted by atomic mass is 16.2. The minimum atomic E-state index is -0.229. The molecule has 0 unspecified atom stereocenters. The number of hydrogen-bond acceptors (Lipinski definition) is 3. The Labute approximate surface area is 147 Å². The van der Waals surface area contributed by atoms with Gasteiger partial charge < -0.3 is 4.57 Å². The maximum Gasteiger partial charge on any atom is 0.271 e. The predicted molar refractivity (Wildman–Crippen MR) is 101 cm³/mol. The van der Waals surface area contributed by atoms with Crippen molar-refractivity contribution >= 4 is 22.7 Å². The molecule has 0 fully saturated rings. The van der Waals surface area contributed by atoms with Crippen molar-refractivity contribution in [3.05, 3.63) is 65.5 Å². The van der Waals surface area contributed by atoms with E-state index in [-0.39, 0.29) is 5.91 Å². The third-order valence-electron chi connectivity index (χ3n) is 4.25. The molecule has 0 saturated carbocycles. The lowest BCUT2D eigenvalue weighted by atomic mass is 10.1. The molecule has 25 heavy (non-hydrogen) atoms. The molecule has 128 valence electrons. The minimum Gasteiger partial charge on any atom is -0.329 e. The minimum absolute atomic E-state index is 0.229. The van der Waals surface area contributed by atoms with Crippen molar-refractivity contribution in [2.24, 2.45) is 5.10 Å². The number of nitrogens with zero attached hydrogens (tertiary/aromatic N) is 3. The van der Waals surface area contributed by atoms with Crippen LogP contribution in [0, 0.1) is 6.92 Å². The first-order valence-corrected chi connectivity index (χ1v) is 8.53. The van der Waals surface area contributed by atoms with Gasteiger partial charge in [0, 0.05) is 12.1 Å². The summed E-state index contributed by atoms with van der Waals surface area (Å²) in [6.07, 6.45) is 0.740. The molecule has 1 amide bonds. The number of benzene rings is 2. The highest BCUT2D eigenvalue weighted by Crippen LogP contribution is 2.17. The van der Waals surface area contributed by atoms with Crippen LogP contribution in [0.15, 0.2) is 53.6 Å². The van der Waals surface area contributed by atoms with Crippen LogP contribution in [0.4, 0.5) is 0 Å². The van der Waals surface area contributed by atoms with Crippen LogP contribution < -0.4 is 5.43 Å². The number of carbonyl (C=O) groups excluding carboxylic acids is 1. The maximum absolute atomic E-state index is 12.4. The van der Waals surface area contributed by atoms with E-state index in [0.29, 0.717) is 5.56 Å². The Bertz CT molecular complexity index is 926. The highest BCUT2D eigenvalue weighted by molar-refractivity contribution is 6.02. The van der Waals surface area contributed by atoms with E-state index in [1.165, 1.54) is 0 Å². The summed E-state index contributed by atoms with van der Waals surface area (Å²) in [5.74, 6) is 0.720. The first kappa shape index (κ1) is 16.9. The van der Waals surface area contributed by atoms with E-state index < -0.39 is 0 Å². The van der Waals surface area contributed by atoms with Crippen LogP contribution >= 0.6 is 0 Å². The highest BCUT2D eigenvalue weighted by Gasteiger charge is 2.11. The summed E-state index contributed by atoms with van der Waals surface area (Å²) in [5.41, 5.74) is 6.95. The number of aryl methyl sites for hydroxylation is 2. The van der Waals surface area contributed by atoms with E-state index >= 15 is 0 Å². The summed E-state index contributed by atoms with van der Waals surface area (Å²) in [4.78, 5) is 17.0. The van der Waals surface area contributed by atoms with Gasteiger partial charge in [0.2, 0.25) is 0 Å². The molecule has 3 rings (SSSR count). The van der Waals surface area contributed by atoms with E-state index in [1.807, 2.05) is 62.4 Å². The van der Waals surface area contributed by atoms with Gasteiger partial charge in [-0.1, -0.05) is 37.3 Å². The fourth-order valence-corrected chi connectivity index (χ4v) is 2.95. The molecule has 0 saturated heterocycles. The number of aromatic nitrogens is 2. The zero-order chi connectivity index (χ0) is 17.8. The molecule has 1 heterocycles. The van der Waals surface area contributed by atoms with Crippen molar-refractivity contribution in [2.45, 2.75) is 33.7 Å². The van der Waals surface area contributed by atoms with E-state index in [4.69, 9.17) is 0 Å². The lowest BCUT2D eigenvalue weighted by Gasteiger charge is -2.06. The third kappa shape index (κ3) is 3.45. The van der Waals surface area contributed by atoms with Crippen LogP contribution in [0.1, 0.15) is 42.0 Å². The van der Waals surface area contributed by atoms with E-state index in [9.17, 15) is 4.79 Å². The summed E-state index contributed by atoms with van der Waals surface area (Å²) >= 11 is 0. The lowest BCUT2D eigenvalue weighted by molar-refractivity contribution is 0.0955. The second-order valence-electron chi connectivity index (χ2n) is 5.83. The van der Waals surface area contributed by atoms with Crippen LogP contribution in [-0.4, -0.2) is 21.2 Å². The Kier molecular flexibility index (Phi) is 4.93. The van der Waals surface area contributed by atoms with Gasteiger partial charge in [0.05, 0.1) is 16.7 Å². The molecule has 3 aromatic rings. The fourth-order valence-electron chi connectivity index (χ4n) is 2.95. The summed E-state index contributed by atoms with van der Waals surface area (Å²) < 4.78 is 2.12. The van der Waals surface area contributed by atoms with Gasteiger partial charge in [-0.05, 0) is 44.0 Å². The number of amides is 1. The third-order valence-corrected chi connectivity index (χ3v) is 4.25. The van der Waals surface area contributed by atoms with E-state index in [1.54, 1.807) is 0 Å². The summed E-state index contributed by atoms with van der Waals surface area (Å²) in [6, 6.07) is 15.4. The van der Waals surface area contributed by atoms with Crippen molar-refractivity contribution in [3.8, 4) is 0 Å². The number of hydrazone groups is 1. The molecule has 5 nitrogen and oxygen atoms in total. The smallest absolute Gasteiger partial charge is 0.271 e. The van der Waals surface area contributed by atoms with E-state index in [0.717, 1.165) is 41.1 Å². The van der Waals surface area contributed by atoms with Crippen molar-refractivity contribution in [1.29, 1.82) is 0 Å². The Morgan fingerprint density at radius 1 is 1.12 bits per heavy atom. The molecule has 1 N–H and O–H groups in total. The maximum atomic E-state index is 12.4. The number of carbonyl (C=O) groups is 1. The van der Waals surface area contributed by atoms with Gasteiger partial charge in [-0.3, -0.25) is 4.79 Å². The normalized spacial score (nSPS) is 11.7. The molecule has 0 radical (unpaired) electrons. The van der Waals surface area contributed by atoms with Gasteiger partial charge in [0.1, 0.15) is 5.82 Å². The second-order valence-corrected chi connectivity index (χ2v) is 5.83. The van der Waals surface area contributed by atoms with E-state index in [2.05, 4.69) is 27.0 Å². The summed E-state index contributed by atoms with van der Waals surface area (Å²) in [6.45, 7) is 6.93. The molecule has 1 aromatic heterocycles. The molecule has 0 aliphatic heterocycles. The average molecular weight is 334 g/mol. The SMILES string of the molecule is CC/C(=N\NC(=O)c1ccc2c(c1)nc(C)n2CC)c1ccccc1. The molecule has 2 aromatic carbocycles. The molecular weight excluding hydrogens is 312 g/mol. The Morgan fingerprint density at radius 2 is 1.88 bits per heavy atom. The zero-order valence-electron chi connectivity index (χ0n) is 14.8. The Hall–Kier alpha value is -2.95. The fraction of sp³-hybridized carbons (Fsp3) is 0.250. The van der Waals surface area contributed by atoms with Crippen LogP contribution in [0.3, 0.4) is 0 Å². The number of hydrogen-bond donors (Lipinski definition) is 1.